The molecule has 0 spiro atoms. The van der Waals surface area contributed by atoms with Gasteiger partial charge >= 0.3 is 17.9 Å². The smallest absolute Gasteiger partial charge is 0.338 e. The van der Waals surface area contributed by atoms with Crippen LogP contribution < -0.4 is 0 Å². The molecule has 0 saturated carbocycles. The maximum absolute atomic E-state index is 12.1. The van der Waals surface area contributed by atoms with Crippen LogP contribution in [0.3, 0.4) is 0 Å². The molecule has 0 heterocycles. The van der Waals surface area contributed by atoms with E-state index in [-0.39, 0.29) is 19.6 Å². The Labute approximate surface area is 190 Å². The van der Waals surface area contributed by atoms with Crippen molar-refractivity contribution in [3.8, 4) is 0 Å². The molecule has 0 radical (unpaired) electrons. The summed E-state index contributed by atoms with van der Waals surface area (Å²) in [6.45, 7) is 2.78. The van der Waals surface area contributed by atoms with Crippen molar-refractivity contribution in [1.29, 1.82) is 0 Å². The van der Waals surface area contributed by atoms with Gasteiger partial charge in [-0.3, -0.25) is 4.79 Å². The molecule has 9 heteroatoms. The summed E-state index contributed by atoms with van der Waals surface area (Å²) in [5, 5.41) is 1.01. The Balaban J connectivity index is 1.80. The second kappa shape index (κ2) is 12.3. The summed E-state index contributed by atoms with van der Waals surface area (Å²) in [6, 6.07) is 12.5. The number of halogens is 2. The van der Waals surface area contributed by atoms with E-state index in [0.717, 1.165) is 0 Å². The van der Waals surface area contributed by atoms with Crippen LogP contribution in [0.2, 0.25) is 10.0 Å². The van der Waals surface area contributed by atoms with Crippen molar-refractivity contribution >= 4 is 41.1 Å². The third kappa shape index (κ3) is 8.96. The highest BCUT2D eigenvalue weighted by molar-refractivity contribution is 6.30. The molecule has 0 N–H and O–H groups in total. The number of hydrogen-bond acceptors (Lipinski definition) is 7. The van der Waals surface area contributed by atoms with Gasteiger partial charge in [0.25, 0.3) is 0 Å². The number of rotatable bonds is 10. The molecule has 0 aliphatic carbocycles. The Morgan fingerprint density at radius 1 is 0.839 bits per heavy atom. The van der Waals surface area contributed by atoms with Gasteiger partial charge in [0.05, 0.1) is 23.8 Å². The maximum atomic E-state index is 12.1. The van der Waals surface area contributed by atoms with E-state index in [1.807, 2.05) is 0 Å². The topological polar surface area (TPSA) is 88.1 Å². The van der Waals surface area contributed by atoms with Crippen LogP contribution in [0.15, 0.2) is 48.5 Å². The second-order valence-corrected chi connectivity index (χ2v) is 7.40. The first-order valence-electron chi connectivity index (χ1n) is 9.42. The molecule has 2 atom stereocenters. The van der Waals surface area contributed by atoms with Crippen LogP contribution in [0.25, 0.3) is 0 Å². The highest BCUT2D eigenvalue weighted by Crippen LogP contribution is 2.13. The van der Waals surface area contributed by atoms with E-state index in [2.05, 4.69) is 0 Å². The predicted octanol–water partition coefficient (Wildman–Crippen LogP) is 4.69. The van der Waals surface area contributed by atoms with Gasteiger partial charge < -0.3 is 18.9 Å². The van der Waals surface area contributed by atoms with Gasteiger partial charge in [-0.05, 0) is 55.5 Å². The van der Waals surface area contributed by atoms with Gasteiger partial charge in [-0.1, -0.05) is 23.2 Å². The number of hydrogen-bond donors (Lipinski definition) is 0. The average molecular weight is 469 g/mol. The molecule has 31 heavy (non-hydrogen) atoms. The number of esters is 3. The standard InChI is InChI=1S/C22H22Cl2O7/c1-14(13-29-22(27)17-5-9-19(24)10-6-17)30-20(31-15(2)25)11-12-28-21(26)16-3-7-18(23)8-4-16/h3-10,14,20H,11-13H2,1-2H3/t14?,20-/m0/s1. The minimum absolute atomic E-state index is 0.0450. The highest BCUT2D eigenvalue weighted by atomic mass is 35.5. The lowest BCUT2D eigenvalue weighted by molar-refractivity contribution is -0.192. The van der Waals surface area contributed by atoms with Gasteiger partial charge in [-0.15, -0.1) is 0 Å². The van der Waals surface area contributed by atoms with Gasteiger partial charge in [0.2, 0.25) is 6.29 Å². The van der Waals surface area contributed by atoms with Crippen LogP contribution in [-0.4, -0.2) is 43.5 Å². The van der Waals surface area contributed by atoms with Crippen LogP contribution in [0.1, 0.15) is 41.0 Å². The van der Waals surface area contributed by atoms with Crippen LogP contribution in [0, 0.1) is 0 Å². The number of carbonyl (C=O) groups excluding carboxylic acids is 3. The number of carbonyl (C=O) groups is 3. The van der Waals surface area contributed by atoms with E-state index in [4.69, 9.17) is 42.1 Å². The van der Waals surface area contributed by atoms with Crippen LogP contribution in [-0.2, 0) is 23.7 Å². The van der Waals surface area contributed by atoms with Gasteiger partial charge in [0.1, 0.15) is 6.61 Å². The summed E-state index contributed by atoms with van der Waals surface area (Å²) >= 11 is 11.6. The first-order chi connectivity index (χ1) is 14.7. The Kier molecular flexibility index (Phi) is 9.78. The predicted molar refractivity (Wildman–Crippen MR) is 114 cm³/mol. The van der Waals surface area contributed by atoms with Crippen molar-refractivity contribution in [3.63, 3.8) is 0 Å². The Morgan fingerprint density at radius 3 is 1.81 bits per heavy atom. The van der Waals surface area contributed by atoms with E-state index in [1.165, 1.54) is 6.92 Å². The highest BCUT2D eigenvalue weighted by Gasteiger charge is 2.19. The maximum Gasteiger partial charge on any atom is 0.338 e. The number of ether oxygens (including phenoxy) is 4. The quantitative estimate of drug-likeness (QED) is 0.283. The largest absolute Gasteiger partial charge is 0.462 e. The van der Waals surface area contributed by atoms with Crippen molar-refractivity contribution in [2.75, 3.05) is 13.2 Å². The molecule has 2 rings (SSSR count). The average Bonchev–Trinajstić information content (AvgIpc) is 2.72. The van der Waals surface area contributed by atoms with Crippen LogP contribution in [0.5, 0.6) is 0 Å². The van der Waals surface area contributed by atoms with E-state index >= 15 is 0 Å². The zero-order chi connectivity index (χ0) is 22.8. The van der Waals surface area contributed by atoms with E-state index in [9.17, 15) is 14.4 Å². The summed E-state index contributed by atoms with van der Waals surface area (Å²) < 4.78 is 21.1. The first kappa shape index (κ1) is 24.7. The molecule has 0 saturated heterocycles. The fourth-order valence-electron chi connectivity index (χ4n) is 2.42. The monoisotopic (exact) mass is 468 g/mol. The molecule has 0 bridgehead atoms. The van der Waals surface area contributed by atoms with Gasteiger partial charge in [0.15, 0.2) is 0 Å². The first-order valence-corrected chi connectivity index (χ1v) is 10.2. The van der Waals surface area contributed by atoms with Crippen molar-refractivity contribution in [2.45, 2.75) is 32.7 Å². The number of benzene rings is 2. The molecule has 0 aliphatic rings. The molecule has 2 aromatic rings. The van der Waals surface area contributed by atoms with E-state index in [1.54, 1.807) is 55.5 Å². The van der Waals surface area contributed by atoms with Crippen LogP contribution in [0.4, 0.5) is 0 Å². The molecule has 0 amide bonds. The van der Waals surface area contributed by atoms with Crippen molar-refractivity contribution in [2.24, 2.45) is 0 Å². The summed E-state index contributed by atoms with van der Waals surface area (Å²) in [5.41, 5.74) is 0.694. The Bertz CT molecular complexity index is 882. The SMILES string of the molecule is CC(=O)O[C@@H](CCOC(=O)c1ccc(Cl)cc1)OC(C)COC(=O)c1ccc(Cl)cc1. The Hall–Kier alpha value is -2.61. The van der Waals surface area contributed by atoms with Crippen LogP contribution >= 0.6 is 23.2 Å². The lowest BCUT2D eigenvalue weighted by Gasteiger charge is -2.22. The summed E-state index contributed by atoms with van der Waals surface area (Å²) in [4.78, 5) is 35.4. The van der Waals surface area contributed by atoms with E-state index in [0.29, 0.717) is 21.2 Å². The lowest BCUT2D eigenvalue weighted by atomic mass is 10.2. The van der Waals surface area contributed by atoms with Crippen molar-refractivity contribution in [3.05, 3.63) is 69.7 Å². The molecular formula is C22H22Cl2O7. The fraction of sp³-hybridized carbons (Fsp3) is 0.318. The summed E-state index contributed by atoms with van der Waals surface area (Å²) in [7, 11) is 0. The van der Waals surface area contributed by atoms with Gasteiger partial charge in [-0.2, -0.15) is 0 Å². The third-order valence-corrected chi connectivity index (χ3v) is 4.38. The van der Waals surface area contributed by atoms with Gasteiger partial charge in [-0.25, -0.2) is 9.59 Å². The summed E-state index contributed by atoms with van der Waals surface area (Å²) in [6.07, 6.45) is -1.44. The fourth-order valence-corrected chi connectivity index (χ4v) is 2.67. The molecular weight excluding hydrogens is 447 g/mol. The molecule has 0 aromatic heterocycles. The second-order valence-electron chi connectivity index (χ2n) is 6.52. The molecule has 0 aliphatic heterocycles. The zero-order valence-electron chi connectivity index (χ0n) is 17.0. The minimum Gasteiger partial charge on any atom is -0.462 e. The van der Waals surface area contributed by atoms with E-state index < -0.39 is 30.3 Å². The molecule has 166 valence electrons. The summed E-state index contributed by atoms with van der Waals surface area (Å²) in [5.74, 6) is -1.63. The molecule has 0 fully saturated rings. The molecule has 7 nitrogen and oxygen atoms in total. The molecule has 2 aromatic carbocycles. The van der Waals surface area contributed by atoms with Gasteiger partial charge in [0, 0.05) is 23.4 Å². The zero-order valence-corrected chi connectivity index (χ0v) is 18.5. The lowest BCUT2D eigenvalue weighted by Crippen LogP contribution is -2.29. The van der Waals surface area contributed by atoms with Crippen molar-refractivity contribution < 1.29 is 33.3 Å². The normalized spacial score (nSPS) is 12.5. The third-order valence-electron chi connectivity index (χ3n) is 3.88. The minimum atomic E-state index is -0.972. The Morgan fingerprint density at radius 2 is 1.32 bits per heavy atom. The molecule has 1 unspecified atom stereocenters. The van der Waals surface area contributed by atoms with Crippen molar-refractivity contribution in [1.82, 2.24) is 0 Å².